The van der Waals surface area contributed by atoms with E-state index in [9.17, 15) is 9.18 Å². The van der Waals surface area contributed by atoms with Crippen LogP contribution in [0.5, 0.6) is 11.6 Å². The third kappa shape index (κ3) is 4.80. The van der Waals surface area contributed by atoms with Gasteiger partial charge in [0.15, 0.2) is 17.1 Å². The molecular weight excluding hydrogens is 463 g/mol. The molecule has 1 aliphatic heterocycles. The molecule has 1 fully saturated rings. The van der Waals surface area contributed by atoms with E-state index in [4.69, 9.17) is 4.74 Å². The van der Waals surface area contributed by atoms with Gasteiger partial charge in [-0.3, -0.25) is 9.36 Å². The van der Waals surface area contributed by atoms with E-state index < -0.39 is 5.82 Å². The summed E-state index contributed by atoms with van der Waals surface area (Å²) in [6, 6.07) is 8.30. The lowest BCUT2D eigenvalue weighted by Crippen LogP contribution is -2.42. The van der Waals surface area contributed by atoms with Crippen LogP contribution >= 0.6 is 15.9 Å². The zero-order valence-electron chi connectivity index (χ0n) is 17.9. The van der Waals surface area contributed by atoms with E-state index in [2.05, 4.69) is 44.6 Å². The maximum absolute atomic E-state index is 14.1. The second kappa shape index (κ2) is 9.04. The minimum absolute atomic E-state index is 0.0476. The molecule has 1 aliphatic rings. The lowest BCUT2D eigenvalue weighted by molar-refractivity contribution is 0.129. The number of hydrogen-bond acceptors (Lipinski definition) is 5. The summed E-state index contributed by atoms with van der Waals surface area (Å²) in [6.45, 7) is 8.96. The standard InChI is InChI=1S/C23H26BrFN4O2/c1-14(2)28-10-4-5-16(12-28)13-29-15(3)26-19-7-9-21(27-22(19)23(29)30)31-20-8-6-17(24)11-18(20)25/h6-9,11,14,16H,4-5,10,12-13H2,1-3H3/t16-/m0/s1. The van der Waals surface area contributed by atoms with Gasteiger partial charge in [0.2, 0.25) is 5.88 Å². The van der Waals surface area contributed by atoms with Gasteiger partial charge in [-0.25, -0.2) is 14.4 Å². The number of ether oxygens (including phenoxy) is 1. The van der Waals surface area contributed by atoms with Gasteiger partial charge in [-0.2, -0.15) is 0 Å². The molecule has 0 spiro atoms. The minimum Gasteiger partial charge on any atom is -0.436 e. The Hall–Kier alpha value is -2.32. The van der Waals surface area contributed by atoms with Crippen LogP contribution in [0.4, 0.5) is 4.39 Å². The molecular formula is C23H26BrFN4O2. The topological polar surface area (TPSA) is 60.3 Å². The second-order valence-corrected chi connectivity index (χ2v) is 9.28. The molecule has 0 bridgehead atoms. The van der Waals surface area contributed by atoms with Crippen molar-refractivity contribution >= 4 is 27.0 Å². The van der Waals surface area contributed by atoms with Crippen LogP contribution in [0.25, 0.3) is 11.0 Å². The van der Waals surface area contributed by atoms with Gasteiger partial charge in [-0.05, 0) is 70.3 Å². The Kier molecular flexibility index (Phi) is 6.39. The van der Waals surface area contributed by atoms with Crippen LogP contribution in [0, 0.1) is 18.7 Å². The van der Waals surface area contributed by atoms with Crippen molar-refractivity contribution in [3.63, 3.8) is 0 Å². The van der Waals surface area contributed by atoms with Crippen molar-refractivity contribution in [3.05, 3.63) is 56.8 Å². The summed E-state index contributed by atoms with van der Waals surface area (Å²) in [4.78, 5) is 24.7. The number of benzene rings is 1. The molecule has 4 rings (SSSR count). The summed E-state index contributed by atoms with van der Waals surface area (Å²) >= 11 is 3.22. The number of pyridine rings is 1. The van der Waals surface area contributed by atoms with Gasteiger partial charge in [0.1, 0.15) is 5.82 Å². The van der Waals surface area contributed by atoms with Crippen molar-refractivity contribution in [2.24, 2.45) is 5.92 Å². The summed E-state index contributed by atoms with van der Waals surface area (Å²) in [5.74, 6) is 0.762. The van der Waals surface area contributed by atoms with Crippen molar-refractivity contribution < 1.29 is 9.13 Å². The number of fused-ring (bicyclic) bond motifs is 1. The highest BCUT2D eigenvalue weighted by Crippen LogP contribution is 2.26. The van der Waals surface area contributed by atoms with Gasteiger partial charge in [-0.1, -0.05) is 15.9 Å². The Balaban J connectivity index is 1.64. The molecule has 6 nitrogen and oxygen atoms in total. The minimum atomic E-state index is -0.511. The maximum Gasteiger partial charge on any atom is 0.280 e. The van der Waals surface area contributed by atoms with Crippen molar-refractivity contribution in [1.82, 2.24) is 19.4 Å². The fourth-order valence-electron chi connectivity index (χ4n) is 4.11. The molecule has 0 saturated carbocycles. The maximum atomic E-state index is 14.1. The molecule has 3 heterocycles. The average molecular weight is 489 g/mol. The fraction of sp³-hybridized carbons (Fsp3) is 0.435. The van der Waals surface area contributed by atoms with Gasteiger partial charge in [0.05, 0.1) is 5.52 Å². The highest BCUT2D eigenvalue weighted by atomic mass is 79.9. The highest BCUT2D eigenvalue weighted by molar-refractivity contribution is 9.10. The van der Waals surface area contributed by atoms with Crippen molar-refractivity contribution in [3.8, 4) is 11.6 Å². The number of halogens is 2. The molecule has 0 N–H and O–H groups in total. The molecule has 0 amide bonds. The first-order valence-corrected chi connectivity index (χ1v) is 11.4. The van der Waals surface area contributed by atoms with E-state index in [0.29, 0.717) is 34.3 Å². The van der Waals surface area contributed by atoms with E-state index in [-0.39, 0.29) is 22.7 Å². The van der Waals surface area contributed by atoms with E-state index in [0.717, 1.165) is 25.9 Å². The molecule has 164 valence electrons. The van der Waals surface area contributed by atoms with Crippen LogP contribution in [-0.2, 0) is 6.54 Å². The molecule has 8 heteroatoms. The number of aryl methyl sites for hydroxylation is 1. The average Bonchev–Trinajstić information content (AvgIpc) is 2.74. The lowest BCUT2D eigenvalue weighted by Gasteiger charge is -2.35. The van der Waals surface area contributed by atoms with Crippen molar-refractivity contribution in [1.29, 1.82) is 0 Å². The Labute approximate surface area is 189 Å². The van der Waals surface area contributed by atoms with Crippen LogP contribution in [0.2, 0.25) is 0 Å². The molecule has 0 radical (unpaired) electrons. The van der Waals surface area contributed by atoms with E-state index in [1.165, 1.54) is 12.1 Å². The molecule has 1 saturated heterocycles. The summed E-state index contributed by atoms with van der Waals surface area (Å²) in [5, 5.41) is 0. The normalized spacial score (nSPS) is 17.4. The van der Waals surface area contributed by atoms with Gasteiger partial charge < -0.3 is 9.64 Å². The third-order valence-corrected chi connectivity index (χ3v) is 6.29. The summed E-state index contributed by atoms with van der Waals surface area (Å²) < 4.78 is 22.1. The predicted molar refractivity (Wildman–Crippen MR) is 122 cm³/mol. The summed E-state index contributed by atoms with van der Waals surface area (Å²) in [7, 11) is 0. The number of nitrogens with zero attached hydrogens (tertiary/aromatic N) is 4. The number of piperidine rings is 1. The first-order valence-electron chi connectivity index (χ1n) is 10.6. The van der Waals surface area contributed by atoms with Crippen LogP contribution in [0.15, 0.2) is 39.6 Å². The molecule has 0 unspecified atom stereocenters. The van der Waals surface area contributed by atoms with Crippen LogP contribution in [-0.4, -0.2) is 38.6 Å². The monoisotopic (exact) mass is 488 g/mol. The summed E-state index contributed by atoms with van der Waals surface area (Å²) in [5.41, 5.74) is 0.554. The third-order valence-electron chi connectivity index (χ3n) is 5.80. The van der Waals surface area contributed by atoms with Gasteiger partial charge in [0.25, 0.3) is 5.56 Å². The number of likely N-dealkylation sites (tertiary alicyclic amines) is 1. The van der Waals surface area contributed by atoms with Crippen LogP contribution < -0.4 is 10.3 Å². The molecule has 3 aromatic rings. The molecule has 2 aromatic heterocycles. The predicted octanol–water partition coefficient (Wildman–Crippen LogP) is 4.91. The quantitative estimate of drug-likeness (QED) is 0.510. The first-order chi connectivity index (χ1) is 14.8. The van der Waals surface area contributed by atoms with Gasteiger partial charge in [-0.15, -0.1) is 0 Å². The van der Waals surface area contributed by atoms with Crippen LogP contribution in [0.3, 0.4) is 0 Å². The smallest absolute Gasteiger partial charge is 0.280 e. The zero-order valence-corrected chi connectivity index (χ0v) is 19.5. The number of hydrogen-bond donors (Lipinski definition) is 0. The first kappa shape index (κ1) is 21.9. The van der Waals surface area contributed by atoms with E-state index in [1.807, 2.05) is 6.92 Å². The van der Waals surface area contributed by atoms with Crippen LogP contribution in [0.1, 0.15) is 32.5 Å². The second-order valence-electron chi connectivity index (χ2n) is 8.37. The van der Waals surface area contributed by atoms with E-state index >= 15 is 0 Å². The van der Waals surface area contributed by atoms with E-state index in [1.54, 1.807) is 22.8 Å². The largest absolute Gasteiger partial charge is 0.436 e. The van der Waals surface area contributed by atoms with Gasteiger partial charge in [0, 0.05) is 29.7 Å². The fourth-order valence-corrected chi connectivity index (χ4v) is 4.44. The molecule has 1 aromatic carbocycles. The highest BCUT2D eigenvalue weighted by Gasteiger charge is 2.23. The SMILES string of the molecule is Cc1nc2ccc(Oc3ccc(Br)cc3F)nc2c(=O)n1C[C@H]1CCCN(C(C)C)C1. The summed E-state index contributed by atoms with van der Waals surface area (Å²) in [6.07, 6.45) is 2.22. The molecule has 0 aliphatic carbocycles. The molecule has 31 heavy (non-hydrogen) atoms. The number of rotatable bonds is 5. The number of aromatic nitrogens is 3. The zero-order chi connectivity index (χ0) is 22.1. The Morgan fingerprint density at radius 1 is 1.26 bits per heavy atom. The van der Waals surface area contributed by atoms with Crippen molar-refractivity contribution in [2.75, 3.05) is 13.1 Å². The van der Waals surface area contributed by atoms with Crippen molar-refractivity contribution in [2.45, 2.75) is 46.2 Å². The Bertz CT molecular complexity index is 1160. The Morgan fingerprint density at radius 3 is 2.81 bits per heavy atom. The van der Waals surface area contributed by atoms with Gasteiger partial charge >= 0.3 is 0 Å². The Morgan fingerprint density at radius 2 is 2.06 bits per heavy atom. The molecule has 1 atom stereocenters. The lowest BCUT2D eigenvalue weighted by atomic mass is 9.97.